The van der Waals surface area contributed by atoms with E-state index in [0.29, 0.717) is 5.75 Å². The number of nitrogens with zero attached hydrogens (tertiary/aromatic N) is 1. The predicted octanol–water partition coefficient (Wildman–Crippen LogP) is 5.39. The fourth-order valence-corrected chi connectivity index (χ4v) is 4.14. The van der Waals surface area contributed by atoms with Crippen LogP contribution in [0.5, 0.6) is 11.5 Å². The molecular weight excluding hydrogens is 428 g/mol. The molecule has 0 aliphatic carbocycles. The SMILES string of the molecule is COc1cc(CCCN(CCCc2ccccc2)C(=S)NCCc2ccccc2)ccc1O. The summed E-state index contributed by atoms with van der Waals surface area (Å²) in [6.45, 7) is 2.63. The number of hydrogen-bond donors (Lipinski definition) is 2. The fraction of sp³-hybridized carbons (Fsp3) is 0.321. The van der Waals surface area contributed by atoms with Crippen molar-refractivity contribution in [1.29, 1.82) is 0 Å². The number of methoxy groups -OCH3 is 1. The molecule has 0 aliphatic rings. The van der Waals surface area contributed by atoms with E-state index >= 15 is 0 Å². The molecule has 0 saturated heterocycles. The van der Waals surface area contributed by atoms with E-state index in [9.17, 15) is 5.11 Å². The summed E-state index contributed by atoms with van der Waals surface area (Å²) < 4.78 is 5.24. The van der Waals surface area contributed by atoms with Gasteiger partial charge in [-0.15, -0.1) is 0 Å². The maximum absolute atomic E-state index is 9.82. The zero-order valence-electron chi connectivity index (χ0n) is 19.4. The van der Waals surface area contributed by atoms with E-state index in [2.05, 4.69) is 64.8 Å². The lowest BCUT2D eigenvalue weighted by molar-refractivity contribution is 0.372. The minimum atomic E-state index is 0.174. The van der Waals surface area contributed by atoms with Crippen molar-refractivity contribution in [1.82, 2.24) is 10.2 Å². The Bertz CT molecular complexity index is 980. The number of phenolic OH excluding ortho intramolecular Hbond substituents is 1. The summed E-state index contributed by atoms with van der Waals surface area (Å²) in [4.78, 5) is 2.29. The van der Waals surface area contributed by atoms with E-state index in [-0.39, 0.29) is 5.75 Å². The zero-order valence-corrected chi connectivity index (χ0v) is 20.2. The van der Waals surface area contributed by atoms with Crippen LogP contribution in [0.4, 0.5) is 0 Å². The van der Waals surface area contributed by atoms with Gasteiger partial charge in [0.25, 0.3) is 0 Å². The van der Waals surface area contributed by atoms with E-state index in [0.717, 1.165) is 62.4 Å². The smallest absolute Gasteiger partial charge is 0.168 e. The number of hydrogen-bond acceptors (Lipinski definition) is 3. The summed E-state index contributed by atoms with van der Waals surface area (Å²) in [6.07, 6.45) is 4.92. The molecule has 0 amide bonds. The van der Waals surface area contributed by atoms with Crippen LogP contribution in [0.1, 0.15) is 29.5 Å². The van der Waals surface area contributed by atoms with Crippen LogP contribution in [0.3, 0.4) is 0 Å². The van der Waals surface area contributed by atoms with Crippen LogP contribution in [-0.2, 0) is 19.3 Å². The fourth-order valence-electron chi connectivity index (χ4n) is 3.86. The summed E-state index contributed by atoms with van der Waals surface area (Å²) in [5, 5.41) is 14.1. The van der Waals surface area contributed by atoms with Crippen LogP contribution in [0.25, 0.3) is 0 Å². The molecule has 0 fully saturated rings. The predicted molar refractivity (Wildman–Crippen MR) is 140 cm³/mol. The van der Waals surface area contributed by atoms with Crippen molar-refractivity contribution in [2.45, 2.75) is 32.1 Å². The molecule has 2 N–H and O–H groups in total. The van der Waals surface area contributed by atoms with E-state index in [4.69, 9.17) is 17.0 Å². The van der Waals surface area contributed by atoms with E-state index in [1.807, 2.05) is 18.2 Å². The van der Waals surface area contributed by atoms with Crippen molar-refractivity contribution in [3.63, 3.8) is 0 Å². The Labute approximate surface area is 203 Å². The van der Waals surface area contributed by atoms with Gasteiger partial charge in [-0.2, -0.15) is 0 Å². The van der Waals surface area contributed by atoms with Gasteiger partial charge in [0.1, 0.15) is 0 Å². The molecular formula is C28H34N2O2S. The second-order valence-corrected chi connectivity index (χ2v) is 8.54. The molecule has 3 aromatic rings. The van der Waals surface area contributed by atoms with Crippen LogP contribution in [-0.4, -0.2) is 41.9 Å². The van der Waals surface area contributed by atoms with E-state index in [1.54, 1.807) is 13.2 Å². The average molecular weight is 463 g/mol. The first-order chi connectivity index (χ1) is 16.2. The maximum Gasteiger partial charge on any atom is 0.168 e. The van der Waals surface area contributed by atoms with Crippen molar-refractivity contribution >= 4 is 17.3 Å². The summed E-state index contributed by atoms with van der Waals surface area (Å²) in [7, 11) is 1.58. The first-order valence-corrected chi connectivity index (χ1v) is 12.0. The van der Waals surface area contributed by atoms with Crippen LogP contribution >= 0.6 is 12.2 Å². The Balaban J connectivity index is 1.52. The number of nitrogens with one attached hydrogen (secondary N) is 1. The molecule has 0 radical (unpaired) electrons. The quantitative estimate of drug-likeness (QED) is 0.354. The standard InChI is InChI=1S/C28H34N2O2S/c1-32-27-22-25(16-17-26(27)31)15-9-21-30(20-8-14-23-10-4-2-5-11-23)28(33)29-19-18-24-12-6-3-7-13-24/h2-7,10-13,16-17,22,31H,8-9,14-15,18-21H2,1H3,(H,29,33). The Hall–Kier alpha value is -3.05. The van der Waals surface area contributed by atoms with Crippen molar-refractivity contribution in [2.24, 2.45) is 0 Å². The summed E-state index contributed by atoms with van der Waals surface area (Å²) >= 11 is 5.77. The van der Waals surface area contributed by atoms with Crippen molar-refractivity contribution < 1.29 is 9.84 Å². The largest absolute Gasteiger partial charge is 0.504 e. The minimum Gasteiger partial charge on any atom is -0.504 e. The number of phenols is 1. The molecule has 0 heterocycles. The van der Waals surface area contributed by atoms with Crippen molar-refractivity contribution in [3.8, 4) is 11.5 Å². The maximum atomic E-state index is 9.82. The van der Waals surface area contributed by atoms with Gasteiger partial charge in [-0.25, -0.2) is 0 Å². The summed E-state index contributed by atoms with van der Waals surface area (Å²) in [5.41, 5.74) is 3.82. The third kappa shape index (κ3) is 8.43. The average Bonchev–Trinajstić information content (AvgIpc) is 2.85. The van der Waals surface area contributed by atoms with Crippen molar-refractivity contribution in [2.75, 3.05) is 26.7 Å². The second kappa shape index (κ2) is 13.5. The first-order valence-electron chi connectivity index (χ1n) is 11.6. The van der Waals surface area contributed by atoms with Crippen LogP contribution in [0.2, 0.25) is 0 Å². The van der Waals surface area contributed by atoms with Gasteiger partial charge < -0.3 is 20.1 Å². The van der Waals surface area contributed by atoms with Gasteiger partial charge >= 0.3 is 0 Å². The molecule has 0 bridgehead atoms. The van der Waals surface area contributed by atoms with Gasteiger partial charge in [-0.3, -0.25) is 0 Å². The Morgan fingerprint density at radius 1 is 0.818 bits per heavy atom. The van der Waals surface area contributed by atoms with Gasteiger partial charge in [0.15, 0.2) is 16.6 Å². The minimum absolute atomic E-state index is 0.174. The topological polar surface area (TPSA) is 44.7 Å². The number of aryl methyl sites for hydroxylation is 2. The third-order valence-electron chi connectivity index (χ3n) is 5.69. The highest BCUT2D eigenvalue weighted by Gasteiger charge is 2.10. The van der Waals surface area contributed by atoms with Crippen LogP contribution < -0.4 is 10.1 Å². The number of aromatic hydroxyl groups is 1. The Kier molecular flexibility index (Phi) is 10.0. The third-order valence-corrected chi connectivity index (χ3v) is 6.10. The number of ether oxygens (including phenoxy) is 1. The number of rotatable bonds is 12. The van der Waals surface area contributed by atoms with E-state index < -0.39 is 0 Å². The number of thiocarbonyl (C=S) groups is 1. The summed E-state index contributed by atoms with van der Waals surface area (Å²) in [6, 6.07) is 26.6. The van der Waals surface area contributed by atoms with Gasteiger partial charge in [-0.05, 0) is 73.1 Å². The van der Waals surface area contributed by atoms with Gasteiger partial charge in [0.2, 0.25) is 0 Å². The van der Waals surface area contributed by atoms with Gasteiger partial charge in [0.05, 0.1) is 7.11 Å². The lowest BCUT2D eigenvalue weighted by atomic mass is 10.1. The van der Waals surface area contributed by atoms with Gasteiger partial charge in [-0.1, -0.05) is 66.7 Å². The molecule has 0 unspecified atom stereocenters. The molecule has 0 aliphatic heterocycles. The van der Waals surface area contributed by atoms with Crippen LogP contribution in [0.15, 0.2) is 78.9 Å². The number of benzene rings is 3. The highest BCUT2D eigenvalue weighted by Crippen LogP contribution is 2.26. The molecule has 33 heavy (non-hydrogen) atoms. The molecule has 174 valence electrons. The van der Waals surface area contributed by atoms with Crippen molar-refractivity contribution in [3.05, 3.63) is 95.6 Å². The lowest BCUT2D eigenvalue weighted by Gasteiger charge is -2.26. The first kappa shape index (κ1) is 24.6. The molecule has 0 atom stereocenters. The lowest BCUT2D eigenvalue weighted by Crippen LogP contribution is -2.41. The molecule has 3 rings (SSSR count). The molecule has 0 aromatic heterocycles. The molecule has 4 nitrogen and oxygen atoms in total. The molecule has 5 heteroatoms. The van der Waals surface area contributed by atoms with Gasteiger partial charge in [0, 0.05) is 19.6 Å². The second-order valence-electron chi connectivity index (χ2n) is 8.15. The summed E-state index contributed by atoms with van der Waals surface area (Å²) in [5.74, 6) is 0.692. The monoisotopic (exact) mass is 462 g/mol. The Morgan fingerprint density at radius 2 is 1.39 bits per heavy atom. The Morgan fingerprint density at radius 3 is 2.00 bits per heavy atom. The molecule has 0 spiro atoms. The highest BCUT2D eigenvalue weighted by molar-refractivity contribution is 7.80. The normalized spacial score (nSPS) is 10.6. The molecule has 0 saturated carbocycles. The van der Waals surface area contributed by atoms with Crippen LogP contribution in [0, 0.1) is 0 Å². The highest BCUT2D eigenvalue weighted by atomic mass is 32.1. The zero-order chi connectivity index (χ0) is 23.3. The molecule has 3 aromatic carbocycles. The van der Waals surface area contributed by atoms with E-state index in [1.165, 1.54) is 11.1 Å².